The third kappa shape index (κ3) is 3.90. The standard InChI is InChI=1S/C7H9BrOS/c1-4-7(8)10-6(3)5(2)9/h4H,3H2,1-2H3/b7-4-. The van der Waals surface area contributed by atoms with Crippen LogP contribution in [-0.2, 0) is 4.79 Å². The van der Waals surface area contributed by atoms with Crippen LogP contribution in [0.3, 0.4) is 0 Å². The van der Waals surface area contributed by atoms with E-state index in [1.165, 1.54) is 18.7 Å². The second kappa shape index (κ2) is 4.74. The first-order valence-electron chi connectivity index (χ1n) is 2.77. The molecule has 1 nitrogen and oxygen atoms in total. The van der Waals surface area contributed by atoms with Crippen molar-refractivity contribution in [1.82, 2.24) is 0 Å². The highest BCUT2D eigenvalue weighted by Crippen LogP contribution is 2.28. The van der Waals surface area contributed by atoms with Crippen molar-refractivity contribution in [2.24, 2.45) is 0 Å². The fraction of sp³-hybridized carbons (Fsp3) is 0.286. The van der Waals surface area contributed by atoms with E-state index in [0.717, 1.165) is 3.81 Å². The minimum atomic E-state index is 0.0174. The molecule has 0 unspecified atom stereocenters. The van der Waals surface area contributed by atoms with Gasteiger partial charge in [-0.2, -0.15) is 0 Å². The summed E-state index contributed by atoms with van der Waals surface area (Å²) < 4.78 is 0.924. The molecule has 10 heavy (non-hydrogen) atoms. The highest BCUT2D eigenvalue weighted by Gasteiger charge is 2.01. The van der Waals surface area contributed by atoms with Crippen LogP contribution >= 0.6 is 27.7 Å². The van der Waals surface area contributed by atoms with Crippen molar-refractivity contribution >= 4 is 33.5 Å². The first-order valence-corrected chi connectivity index (χ1v) is 4.38. The van der Waals surface area contributed by atoms with Gasteiger partial charge in [-0.1, -0.05) is 24.4 Å². The Hall–Kier alpha value is -0.0200. The molecule has 0 heterocycles. The van der Waals surface area contributed by atoms with Gasteiger partial charge in [0.1, 0.15) is 0 Å². The third-order valence-electron chi connectivity index (χ3n) is 0.840. The molecule has 0 aromatic heterocycles. The number of halogens is 1. The average molecular weight is 221 g/mol. The molecule has 0 aliphatic heterocycles. The Bertz CT molecular complexity index is 184. The van der Waals surface area contributed by atoms with Crippen LogP contribution in [-0.4, -0.2) is 5.78 Å². The number of hydrogen-bond donors (Lipinski definition) is 0. The van der Waals surface area contributed by atoms with Crippen molar-refractivity contribution < 1.29 is 4.79 Å². The van der Waals surface area contributed by atoms with E-state index in [2.05, 4.69) is 22.5 Å². The summed E-state index contributed by atoms with van der Waals surface area (Å²) in [5.74, 6) is 0.0174. The molecule has 0 spiro atoms. The number of carbonyl (C=O) groups is 1. The lowest BCUT2D eigenvalue weighted by Crippen LogP contribution is -1.88. The SMILES string of the molecule is C=C(S/C(Br)=C\C)C(C)=O. The minimum absolute atomic E-state index is 0.0174. The quantitative estimate of drug-likeness (QED) is 0.681. The minimum Gasteiger partial charge on any atom is -0.294 e. The zero-order chi connectivity index (χ0) is 8.15. The molecule has 0 N–H and O–H groups in total. The van der Waals surface area contributed by atoms with E-state index in [-0.39, 0.29) is 5.78 Å². The highest BCUT2D eigenvalue weighted by atomic mass is 79.9. The summed E-state index contributed by atoms with van der Waals surface area (Å²) in [5.41, 5.74) is 0. The van der Waals surface area contributed by atoms with E-state index in [0.29, 0.717) is 4.91 Å². The molecule has 0 rings (SSSR count). The molecule has 0 aromatic carbocycles. The maximum absolute atomic E-state index is 10.6. The zero-order valence-corrected chi connectivity index (χ0v) is 8.38. The van der Waals surface area contributed by atoms with Crippen LogP contribution in [0.15, 0.2) is 21.4 Å². The lowest BCUT2D eigenvalue weighted by Gasteiger charge is -1.97. The summed E-state index contributed by atoms with van der Waals surface area (Å²) in [5, 5.41) is 0. The first kappa shape index (κ1) is 9.98. The van der Waals surface area contributed by atoms with Crippen molar-refractivity contribution in [2.45, 2.75) is 13.8 Å². The molecule has 0 aliphatic rings. The molecular weight excluding hydrogens is 212 g/mol. The van der Waals surface area contributed by atoms with Crippen molar-refractivity contribution in [3.63, 3.8) is 0 Å². The Labute approximate surface area is 73.7 Å². The molecule has 0 saturated carbocycles. The van der Waals surface area contributed by atoms with Gasteiger partial charge in [0, 0.05) is 4.91 Å². The third-order valence-corrected chi connectivity index (χ3v) is 2.75. The summed E-state index contributed by atoms with van der Waals surface area (Å²) in [6.45, 7) is 6.98. The monoisotopic (exact) mass is 220 g/mol. The number of thioether (sulfide) groups is 1. The van der Waals surface area contributed by atoms with Crippen LogP contribution in [0.1, 0.15) is 13.8 Å². The first-order chi connectivity index (χ1) is 4.57. The van der Waals surface area contributed by atoms with Crippen LogP contribution < -0.4 is 0 Å². The van der Waals surface area contributed by atoms with Crippen molar-refractivity contribution in [3.8, 4) is 0 Å². The predicted octanol–water partition coefficient (Wildman–Crippen LogP) is 3.08. The second-order valence-electron chi connectivity index (χ2n) is 1.67. The van der Waals surface area contributed by atoms with E-state index in [9.17, 15) is 4.79 Å². The predicted molar refractivity (Wildman–Crippen MR) is 50.1 cm³/mol. The Kier molecular flexibility index (Phi) is 4.73. The normalized spacial score (nSPS) is 11.3. The van der Waals surface area contributed by atoms with Gasteiger partial charge in [0.25, 0.3) is 0 Å². The molecule has 56 valence electrons. The number of carbonyl (C=O) groups excluding carboxylic acids is 1. The molecule has 0 saturated heterocycles. The highest BCUT2D eigenvalue weighted by molar-refractivity contribution is 9.14. The molecular formula is C7H9BrOS. The summed E-state index contributed by atoms with van der Waals surface area (Å²) in [7, 11) is 0. The molecule has 0 bridgehead atoms. The lowest BCUT2D eigenvalue weighted by molar-refractivity contribution is -0.112. The van der Waals surface area contributed by atoms with Crippen LogP contribution in [0.4, 0.5) is 0 Å². The fourth-order valence-electron chi connectivity index (χ4n) is 0.248. The number of Topliss-reactive ketones (excluding diaryl/α,β-unsaturated/α-hetero) is 1. The van der Waals surface area contributed by atoms with E-state index in [1.807, 2.05) is 13.0 Å². The van der Waals surface area contributed by atoms with E-state index >= 15 is 0 Å². The van der Waals surface area contributed by atoms with Gasteiger partial charge in [0.15, 0.2) is 5.78 Å². The summed E-state index contributed by atoms with van der Waals surface area (Å²) >= 11 is 4.60. The van der Waals surface area contributed by atoms with Gasteiger partial charge in [-0.3, -0.25) is 4.79 Å². The summed E-state index contributed by atoms with van der Waals surface area (Å²) in [4.78, 5) is 11.2. The Morgan fingerprint density at radius 3 is 2.50 bits per heavy atom. The molecule has 0 aromatic rings. The Balaban J connectivity index is 3.93. The fourth-order valence-corrected chi connectivity index (χ4v) is 1.33. The van der Waals surface area contributed by atoms with Crippen LogP contribution in [0.25, 0.3) is 0 Å². The van der Waals surface area contributed by atoms with Crippen LogP contribution in [0.5, 0.6) is 0 Å². The molecule has 0 radical (unpaired) electrons. The topological polar surface area (TPSA) is 17.1 Å². The zero-order valence-electron chi connectivity index (χ0n) is 5.98. The smallest absolute Gasteiger partial charge is 0.165 e. The lowest BCUT2D eigenvalue weighted by atomic mass is 10.4. The van der Waals surface area contributed by atoms with Crippen molar-refractivity contribution in [3.05, 3.63) is 21.4 Å². The number of hydrogen-bond acceptors (Lipinski definition) is 2. The second-order valence-corrected chi connectivity index (χ2v) is 4.19. The van der Waals surface area contributed by atoms with Gasteiger partial charge in [-0.15, -0.1) is 0 Å². The molecule has 0 amide bonds. The van der Waals surface area contributed by atoms with Gasteiger partial charge in [0.05, 0.1) is 3.81 Å². The van der Waals surface area contributed by atoms with Crippen molar-refractivity contribution in [1.29, 1.82) is 0 Å². The van der Waals surface area contributed by atoms with Gasteiger partial charge in [-0.05, 0) is 29.8 Å². The Morgan fingerprint density at radius 1 is 1.70 bits per heavy atom. The van der Waals surface area contributed by atoms with Gasteiger partial charge >= 0.3 is 0 Å². The van der Waals surface area contributed by atoms with Gasteiger partial charge in [0.2, 0.25) is 0 Å². The molecule has 0 aliphatic carbocycles. The van der Waals surface area contributed by atoms with Gasteiger partial charge in [-0.25, -0.2) is 0 Å². The van der Waals surface area contributed by atoms with Crippen LogP contribution in [0, 0.1) is 0 Å². The molecule has 0 atom stereocenters. The van der Waals surface area contributed by atoms with E-state index in [1.54, 1.807) is 0 Å². The summed E-state index contributed by atoms with van der Waals surface area (Å²) in [6.07, 6.45) is 1.87. The van der Waals surface area contributed by atoms with E-state index in [4.69, 9.17) is 0 Å². The molecule has 3 heteroatoms. The number of ketones is 1. The van der Waals surface area contributed by atoms with Crippen LogP contribution in [0.2, 0.25) is 0 Å². The maximum atomic E-state index is 10.6. The molecule has 0 fully saturated rings. The number of allylic oxidation sites excluding steroid dienone is 2. The largest absolute Gasteiger partial charge is 0.294 e. The van der Waals surface area contributed by atoms with Gasteiger partial charge < -0.3 is 0 Å². The van der Waals surface area contributed by atoms with E-state index < -0.39 is 0 Å². The maximum Gasteiger partial charge on any atom is 0.165 e. The summed E-state index contributed by atoms with van der Waals surface area (Å²) in [6, 6.07) is 0. The average Bonchev–Trinajstić information content (AvgIpc) is 1.87. The number of rotatable bonds is 3. The van der Waals surface area contributed by atoms with Crippen molar-refractivity contribution in [2.75, 3.05) is 0 Å². The Morgan fingerprint density at radius 2 is 2.20 bits per heavy atom.